The van der Waals surface area contributed by atoms with Gasteiger partial charge in [0.2, 0.25) is 10.0 Å². The second-order valence-electron chi connectivity index (χ2n) is 7.17. The first kappa shape index (κ1) is 19.4. The lowest BCUT2D eigenvalue weighted by atomic mass is 10.2. The first-order valence-corrected chi connectivity index (χ1v) is 10.9. The summed E-state index contributed by atoms with van der Waals surface area (Å²) in [5.74, 6) is -0.371. The molecule has 1 fully saturated rings. The minimum atomic E-state index is -3.57. The molecule has 9 heteroatoms. The molecule has 0 saturated carbocycles. The number of benzene rings is 1. The molecule has 2 aromatic heterocycles. The number of aromatic nitrogens is 3. The van der Waals surface area contributed by atoms with Crippen LogP contribution in [-0.4, -0.2) is 46.1 Å². The van der Waals surface area contributed by atoms with Crippen LogP contribution in [0.15, 0.2) is 53.7 Å². The van der Waals surface area contributed by atoms with E-state index in [0.717, 1.165) is 24.2 Å². The van der Waals surface area contributed by atoms with Crippen molar-refractivity contribution in [1.29, 1.82) is 0 Å². The van der Waals surface area contributed by atoms with Crippen LogP contribution in [0.5, 0.6) is 0 Å². The number of sulfonamides is 1. The van der Waals surface area contributed by atoms with E-state index < -0.39 is 10.0 Å². The van der Waals surface area contributed by atoms with E-state index in [9.17, 15) is 13.2 Å². The largest absolute Gasteiger partial charge is 0.345 e. The predicted molar refractivity (Wildman–Crippen MR) is 110 cm³/mol. The highest BCUT2D eigenvalue weighted by Gasteiger charge is 2.29. The van der Waals surface area contributed by atoms with Gasteiger partial charge in [0.15, 0.2) is 0 Å². The molecule has 1 aliphatic rings. The average Bonchev–Trinajstić information content (AvgIpc) is 3.42. The van der Waals surface area contributed by atoms with Crippen LogP contribution < -0.4 is 5.32 Å². The lowest BCUT2D eigenvalue weighted by Gasteiger charge is -2.13. The maximum absolute atomic E-state index is 12.8. The molecule has 0 bridgehead atoms. The molecule has 1 saturated heterocycles. The number of rotatable bonds is 5. The van der Waals surface area contributed by atoms with Gasteiger partial charge in [0.05, 0.1) is 5.69 Å². The molecule has 8 nitrogen and oxygen atoms in total. The maximum atomic E-state index is 12.8. The fourth-order valence-corrected chi connectivity index (χ4v) is 5.12. The summed E-state index contributed by atoms with van der Waals surface area (Å²) in [5, 5.41) is 7.12. The Bertz CT molecular complexity index is 1160. The third-order valence-corrected chi connectivity index (χ3v) is 6.96. The second-order valence-corrected chi connectivity index (χ2v) is 9.11. The highest BCUT2D eigenvalue weighted by molar-refractivity contribution is 7.89. The quantitative estimate of drug-likeness (QED) is 0.696. The van der Waals surface area contributed by atoms with Gasteiger partial charge >= 0.3 is 0 Å². The van der Waals surface area contributed by atoms with Crippen LogP contribution >= 0.6 is 0 Å². The molecule has 0 spiro atoms. The monoisotopic (exact) mass is 413 g/mol. The van der Waals surface area contributed by atoms with Gasteiger partial charge in [-0.2, -0.15) is 9.40 Å². The molecule has 29 heavy (non-hydrogen) atoms. The Labute approximate surface area is 169 Å². The van der Waals surface area contributed by atoms with Gasteiger partial charge in [0, 0.05) is 43.9 Å². The van der Waals surface area contributed by atoms with Crippen LogP contribution in [0.3, 0.4) is 0 Å². The number of nitrogens with one attached hydrogen (secondary N) is 1. The van der Waals surface area contributed by atoms with Crippen molar-refractivity contribution in [3.05, 3.63) is 60.2 Å². The molecule has 0 unspecified atom stereocenters. The Hall–Kier alpha value is -2.91. The number of amides is 1. The number of aryl methyl sites for hydroxylation is 2. The van der Waals surface area contributed by atoms with Crippen molar-refractivity contribution in [3.8, 4) is 5.69 Å². The molecular weight excluding hydrogens is 390 g/mol. The highest BCUT2D eigenvalue weighted by Crippen LogP contribution is 2.23. The van der Waals surface area contributed by atoms with E-state index in [0.29, 0.717) is 18.8 Å². The van der Waals surface area contributed by atoms with Crippen molar-refractivity contribution in [2.75, 3.05) is 18.4 Å². The minimum Gasteiger partial charge on any atom is -0.345 e. The summed E-state index contributed by atoms with van der Waals surface area (Å²) in [6.07, 6.45) is 4.94. The summed E-state index contributed by atoms with van der Waals surface area (Å²) in [5.41, 5.74) is 2.69. The second kappa shape index (κ2) is 7.49. The Morgan fingerprint density at radius 2 is 1.90 bits per heavy atom. The molecule has 3 heterocycles. The Morgan fingerprint density at radius 1 is 1.14 bits per heavy atom. The summed E-state index contributed by atoms with van der Waals surface area (Å²) in [6.45, 7) is 3.00. The molecule has 0 radical (unpaired) electrons. The standard InChI is InChI=1S/C20H23N5O3S/c1-15-8-9-21-25(15)17-7-5-6-16(12-17)22-20(26)19-13-18(14-23(19)2)29(27,28)24-10-3-4-11-24/h5-9,12-14H,3-4,10-11H2,1-2H3,(H,22,26). The molecule has 4 rings (SSSR count). The summed E-state index contributed by atoms with van der Waals surface area (Å²) >= 11 is 0. The van der Waals surface area contributed by atoms with Gasteiger partial charge in [-0.25, -0.2) is 13.1 Å². The fourth-order valence-electron chi connectivity index (χ4n) is 3.53. The molecule has 1 N–H and O–H groups in total. The van der Waals surface area contributed by atoms with Gasteiger partial charge in [0.1, 0.15) is 10.6 Å². The number of carbonyl (C=O) groups excluding carboxylic acids is 1. The SMILES string of the molecule is Cc1ccnn1-c1cccc(NC(=O)c2cc(S(=O)(=O)N3CCCC3)cn2C)c1. The van der Waals surface area contributed by atoms with Crippen molar-refractivity contribution in [2.45, 2.75) is 24.7 Å². The van der Waals surface area contributed by atoms with E-state index in [1.165, 1.54) is 16.6 Å². The molecule has 3 aromatic rings. The van der Waals surface area contributed by atoms with Gasteiger partial charge in [-0.15, -0.1) is 0 Å². The molecule has 1 aliphatic heterocycles. The number of hydrogen-bond donors (Lipinski definition) is 1. The van der Waals surface area contributed by atoms with E-state index >= 15 is 0 Å². The molecular formula is C20H23N5O3S. The molecule has 1 amide bonds. The van der Waals surface area contributed by atoms with Crippen LogP contribution in [0, 0.1) is 6.92 Å². The van der Waals surface area contributed by atoms with Crippen molar-refractivity contribution >= 4 is 21.6 Å². The van der Waals surface area contributed by atoms with Gasteiger partial charge in [-0.1, -0.05) is 6.07 Å². The zero-order valence-electron chi connectivity index (χ0n) is 16.4. The average molecular weight is 414 g/mol. The first-order chi connectivity index (χ1) is 13.9. The number of carbonyl (C=O) groups is 1. The normalized spacial score (nSPS) is 15.0. The van der Waals surface area contributed by atoms with Crippen LogP contribution in [0.2, 0.25) is 0 Å². The Kier molecular flexibility index (Phi) is 5.01. The van der Waals surface area contributed by atoms with E-state index in [-0.39, 0.29) is 16.5 Å². The molecule has 0 aliphatic carbocycles. The molecule has 152 valence electrons. The van der Waals surface area contributed by atoms with E-state index in [2.05, 4.69) is 10.4 Å². The van der Waals surface area contributed by atoms with Gasteiger partial charge in [-0.05, 0) is 50.1 Å². The van der Waals surface area contributed by atoms with Gasteiger partial charge in [0.25, 0.3) is 5.91 Å². The molecule has 1 aromatic carbocycles. The van der Waals surface area contributed by atoms with Crippen molar-refractivity contribution in [3.63, 3.8) is 0 Å². The van der Waals surface area contributed by atoms with Crippen LogP contribution in [0.25, 0.3) is 5.69 Å². The summed E-state index contributed by atoms with van der Waals surface area (Å²) in [4.78, 5) is 12.9. The first-order valence-electron chi connectivity index (χ1n) is 9.45. The minimum absolute atomic E-state index is 0.146. The smallest absolute Gasteiger partial charge is 0.272 e. The van der Waals surface area contributed by atoms with Crippen LogP contribution in [0.1, 0.15) is 29.0 Å². The number of anilines is 1. The highest BCUT2D eigenvalue weighted by atomic mass is 32.2. The van der Waals surface area contributed by atoms with Gasteiger partial charge in [-0.3, -0.25) is 4.79 Å². The third kappa shape index (κ3) is 3.70. The zero-order chi connectivity index (χ0) is 20.6. The van der Waals surface area contributed by atoms with Crippen LogP contribution in [-0.2, 0) is 17.1 Å². The number of nitrogens with zero attached hydrogens (tertiary/aromatic N) is 4. The summed E-state index contributed by atoms with van der Waals surface area (Å²) < 4.78 is 30.3. The predicted octanol–water partition coefficient (Wildman–Crippen LogP) is 2.56. The topological polar surface area (TPSA) is 89.2 Å². The third-order valence-electron chi connectivity index (χ3n) is 5.10. The zero-order valence-corrected chi connectivity index (χ0v) is 17.2. The Balaban J connectivity index is 1.57. The summed E-state index contributed by atoms with van der Waals surface area (Å²) in [7, 11) is -1.90. The molecule has 0 atom stereocenters. The lowest BCUT2D eigenvalue weighted by Crippen LogP contribution is -2.27. The van der Waals surface area contributed by atoms with Crippen LogP contribution in [0.4, 0.5) is 5.69 Å². The lowest BCUT2D eigenvalue weighted by molar-refractivity contribution is 0.101. The fraction of sp³-hybridized carbons (Fsp3) is 0.300. The van der Waals surface area contributed by atoms with Crippen molar-refractivity contribution in [2.24, 2.45) is 7.05 Å². The number of hydrogen-bond acceptors (Lipinski definition) is 4. The van der Waals surface area contributed by atoms with Crippen molar-refractivity contribution in [1.82, 2.24) is 18.7 Å². The van der Waals surface area contributed by atoms with E-state index in [1.807, 2.05) is 31.2 Å². The van der Waals surface area contributed by atoms with E-state index in [4.69, 9.17) is 0 Å². The van der Waals surface area contributed by atoms with Crippen molar-refractivity contribution < 1.29 is 13.2 Å². The maximum Gasteiger partial charge on any atom is 0.272 e. The van der Waals surface area contributed by atoms with E-state index in [1.54, 1.807) is 28.6 Å². The summed E-state index contributed by atoms with van der Waals surface area (Å²) in [6, 6.07) is 10.7. The Morgan fingerprint density at radius 3 is 2.59 bits per heavy atom. The van der Waals surface area contributed by atoms with Gasteiger partial charge < -0.3 is 9.88 Å².